The number of nitrogens with zero attached hydrogens (tertiary/aromatic N) is 1. The normalized spacial score (nSPS) is 15.6. The summed E-state index contributed by atoms with van der Waals surface area (Å²) in [5, 5.41) is 3.45. The summed E-state index contributed by atoms with van der Waals surface area (Å²) < 4.78 is 10.4. The molecule has 7 heteroatoms. The molecule has 2 aliphatic rings. The molecule has 0 spiro atoms. The summed E-state index contributed by atoms with van der Waals surface area (Å²) in [5.74, 6) is -0.0992. The smallest absolute Gasteiger partial charge is 0.310 e. The quantitative estimate of drug-likeness (QED) is 0.454. The summed E-state index contributed by atoms with van der Waals surface area (Å²) in [7, 11) is 0. The number of Topliss-reactive ketones (excluding diaryl/α,β-unsaturated/α-hetero) is 1. The van der Waals surface area contributed by atoms with Crippen molar-refractivity contribution in [1.82, 2.24) is 4.90 Å². The first-order valence-corrected chi connectivity index (χ1v) is 11.2. The molecule has 30 heavy (non-hydrogen) atoms. The number of rotatable bonds is 7. The molecule has 4 rings (SSSR count). The minimum absolute atomic E-state index is 0.137. The third-order valence-corrected chi connectivity index (χ3v) is 6.40. The van der Waals surface area contributed by atoms with Gasteiger partial charge < -0.3 is 14.8 Å². The lowest BCUT2D eigenvalue weighted by molar-refractivity contribution is -0.142. The van der Waals surface area contributed by atoms with Crippen LogP contribution in [0.5, 0.6) is 0 Å². The number of esters is 1. The number of ether oxygens (including phenoxy) is 2. The first-order valence-electron chi connectivity index (χ1n) is 10.3. The third kappa shape index (κ3) is 4.86. The van der Waals surface area contributed by atoms with Crippen LogP contribution in [0.3, 0.4) is 0 Å². The highest BCUT2D eigenvalue weighted by molar-refractivity contribution is 7.99. The van der Waals surface area contributed by atoms with E-state index >= 15 is 0 Å². The van der Waals surface area contributed by atoms with E-state index in [0.717, 1.165) is 65.1 Å². The van der Waals surface area contributed by atoms with Gasteiger partial charge in [-0.25, -0.2) is 0 Å². The molecule has 0 saturated carbocycles. The van der Waals surface area contributed by atoms with Crippen LogP contribution >= 0.6 is 11.8 Å². The highest BCUT2D eigenvalue weighted by Gasteiger charge is 2.22. The maximum absolute atomic E-state index is 13.0. The topological polar surface area (TPSA) is 67.9 Å². The maximum atomic E-state index is 13.0. The lowest BCUT2D eigenvalue weighted by Crippen LogP contribution is -2.37. The van der Waals surface area contributed by atoms with E-state index in [2.05, 4.69) is 10.2 Å². The molecule has 0 radical (unpaired) electrons. The van der Waals surface area contributed by atoms with Crippen molar-refractivity contribution in [3.05, 3.63) is 47.5 Å². The van der Waals surface area contributed by atoms with Gasteiger partial charge in [0, 0.05) is 41.4 Å². The summed E-state index contributed by atoms with van der Waals surface area (Å²) in [5.41, 5.74) is 3.38. The summed E-state index contributed by atoms with van der Waals surface area (Å²) in [4.78, 5) is 29.2. The summed E-state index contributed by atoms with van der Waals surface area (Å²) >= 11 is 1.64. The van der Waals surface area contributed by atoms with Gasteiger partial charge in [0.1, 0.15) is 0 Å². The van der Waals surface area contributed by atoms with E-state index in [1.165, 1.54) is 0 Å². The van der Waals surface area contributed by atoms with Crippen LogP contribution in [0.25, 0.3) is 0 Å². The molecule has 2 aliphatic heterocycles. The zero-order valence-corrected chi connectivity index (χ0v) is 17.9. The Kier molecular flexibility index (Phi) is 6.72. The van der Waals surface area contributed by atoms with Crippen molar-refractivity contribution < 1.29 is 19.1 Å². The standard InChI is InChI=1S/C23H26N2O4S/c1-2-29-22(27)15-16-6-7-20-18(14-16)24-23-17(4-3-5-21(23)30-20)19(26)8-9-25-10-12-28-13-11-25/h3-7,14,24H,2,8-13,15H2,1H3. The Balaban J connectivity index is 1.49. The number of ketones is 1. The van der Waals surface area contributed by atoms with Gasteiger partial charge in [-0.3, -0.25) is 14.5 Å². The van der Waals surface area contributed by atoms with Gasteiger partial charge in [0.15, 0.2) is 5.78 Å². The lowest BCUT2D eigenvalue weighted by Gasteiger charge is -2.27. The molecular weight excluding hydrogens is 400 g/mol. The van der Waals surface area contributed by atoms with Crippen molar-refractivity contribution in [1.29, 1.82) is 0 Å². The molecule has 0 aliphatic carbocycles. The van der Waals surface area contributed by atoms with E-state index in [-0.39, 0.29) is 18.2 Å². The number of carbonyl (C=O) groups excluding carboxylic acids is 2. The van der Waals surface area contributed by atoms with E-state index in [1.54, 1.807) is 18.7 Å². The maximum Gasteiger partial charge on any atom is 0.310 e. The fraction of sp³-hybridized carbons (Fsp3) is 0.391. The Labute approximate surface area is 180 Å². The van der Waals surface area contributed by atoms with Crippen LogP contribution in [-0.4, -0.2) is 56.1 Å². The number of hydrogen-bond acceptors (Lipinski definition) is 7. The van der Waals surface area contributed by atoms with Crippen LogP contribution in [-0.2, 0) is 20.7 Å². The Morgan fingerprint density at radius 3 is 2.80 bits per heavy atom. The molecule has 6 nitrogen and oxygen atoms in total. The van der Waals surface area contributed by atoms with E-state index in [0.29, 0.717) is 13.0 Å². The largest absolute Gasteiger partial charge is 0.466 e. The fourth-order valence-electron chi connectivity index (χ4n) is 3.70. The predicted molar refractivity (Wildman–Crippen MR) is 117 cm³/mol. The number of nitrogens with one attached hydrogen (secondary N) is 1. The molecule has 2 aromatic rings. The van der Waals surface area contributed by atoms with E-state index in [9.17, 15) is 9.59 Å². The molecule has 2 heterocycles. The van der Waals surface area contributed by atoms with Gasteiger partial charge in [-0.2, -0.15) is 0 Å². The van der Waals surface area contributed by atoms with Gasteiger partial charge in [-0.1, -0.05) is 23.9 Å². The van der Waals surface area contributed by atoms with Gasteiger partial charge in [-0.05, 0) is 36.8 Å². The molecule has 0 atom stereocenters. The number of carbonyl (C=O) groups is 2. The Bertz CT molecular complexity index is 941. The van der Waals surface area contributed by atoms with Crippen LogP contribution in [0.1, 0.15) is 29.3 Å². The van der Waals surface area contributed by atoms with Gasteiger partial charge >= 0.3 is 5.97 Å². The second kappa shape index (κ2) is 9.64. The number of benzene rings is 2. The van der Waals surface area contributed by atoms with E-state index in [4.69, 9.17) is 9.47 Å². The molecule has 1 fully saturated rings. The Hall–Kier alpha value is -2.35. The van der Waals surface area contributed by atoms with Crippen molar-refractivity contribution in [3.63, 3.8) is 0 Å². The van der Waals surface area contributed by atoms with Crippen molar-refractivity contribution >= 4 is 34.9 Å². The molecule has 0 bridgehead atoms. The number of para-hydroxylation sites is 1. The first-order chi connectivity index (χ1) is 14.6. The Morgan fingerprint density at radius 1 is 1.17 bits per heavy atom. The van der Waals surface area contributed by atoms with Crippen molar-refractivity contribution in [2.24, 2.45) is 0 Å². The molecule has 0 amide bonds. The minimum Gasteiger partial charge on any atom is -0.466 e. The SMILES string of the molecule is CCOC(=O)Cc1ccc2c(c1)Nc1c(cccc1C(=O)CCN1CCOCC1)S2. The minimum atomic E-state index is -0.236. The third-order valence-electron chi connectivity index (χ3n) is 5.26. The van der Waals surface area contributed by atoms with Crippen molar-refractivity contribution in [3.8, 4) is 0 Å². The number of hydrogen-bond donors (Lipinski definition) is 1. The van der Waals surface area contributed by atoms with E-state index < -0.39 is 0 Å². The van der Waals surface area contributed by atoms with Crippen LogP contribution < -0.4 is 5.32 Å². The molecule has 1 N–H and O–H groups in total. The summed E-state index contributed by atoms with van der Waals surface area (Å²) in [6.07, 6.45) is 0.721. The number of fused-ring (bicyclic) bond motifs is 2. The number of morpholine rings is 1. The van der Waals surface area contributed by atoms with Gasteiger partial charge in [0.2, 0.25) is 0 Å². The second-order valence-corrected chi connectivity index (χ2v) is 8.43. The first kappa shape index (κ1) is 20.9. The van der Waals surface area contributed by atoms with Gasteiger partial charge in [0.25, 0.3) is 0 Å². The number of anilines is 2. The molecule has 0 unspecified atom stereocenters. The van der Waals surface area contributed by atoms with Crippen LogP contribution in [0, 0.1) is 0 Å². The van der Waals surface area contributed by atoms with Crippen LogP contribution in [0.4, 0.5) is 11.4 Å². The van der Waals surface area contributed by atoms with Gasteiger partial charge in [0.05, 0.1) is 37.6 Å². The predicted octanol–water partition coefficient (Wildman–Crippen LogP) is 3.91. The monoisotopic (exact) mass is 426 g/mol. The fourth-order valence-corrected chi connectivity index (χ4v) is 4.70. The average Bonchev–Trinajstić information content (AvgIpc) is 2.76. The van der Waals surface area contributed by atoms with Crippen LogP contribution in [0.15, 0.2) is 46.2 Å². The van der Waals surface area contributed by atoms with Crippen molar-refractivity contribution in [2.75, 3.05) is 44.8 Å². The Morgan fingerprint density at radius 2 is 2.00 bits per heavy atom. The zero-order valence-electron chi connectivity index (χ0n) is 17.1. The second-order valence-electron chi connectivity index (χ2n) is 7.35. The summed E-state index contributed by atoms with van der Waals surface area (Å²) in [6, 6.07) is 11.8. The zero-order chi connectivity index (χ0) is 20.9. The molecule has 2 aromatic carbocycles. The molecule has 158 valence electrons. The van der Waals surface area contributed by atoms with Gasteiger partial charge in [-0.15, -0.1) is 0 Å². The summed E-state index contributed by atoms with van der Waals surface area (Å²) in [6.45, 7) is 6.16. The molecule has 0 aromatic heterocycles. The molecular formula is C23H26N2O4S. The highest BCUT2D eigenvalue weighted by atomic mass is 32.2. The van der Waals surface area contributed by atoms with Crippen molar-refractivity contribution in [2.45, 2.75) is 29.6 Å². The van der Waals surface area contributed by atoms with Crippen LogP contribution in [0.2, 0.25) is 0 Å². The van der Waals surface area contributed by atoms with E-state index in [1.807, 2.05) is 36.4 Å². The highest BCUT2D eigenvalue weighted by Crippen LogP contribution is 2.46. The average molecular weight is 427 g/mol. The molecule has 1 saturated heterocycles. The lowest BCUT2D eigenvalue weighted by atomic mass is 10.0.